The molecule has 0 bridgehead atoms. The maximum Gasteiger partial charge on any atom is 0.228 e. The lowest BCUT2D eigenvalue weighted by atomic mass is 9.87. The Morgan fingerprint density at radius 3 is 2.54 bits per heavy atom. The zero-order chi connectivity index (χ0) is 26.8. The lowest BCUT2D eigenvalue weighted by molar-refractivity contribution is -0.130. The number of anilines is 1. The number of aryl methyl sites for hydroxylation is 2. The van der Waals surface area contributed by atoms with E-state index in [1.807, 2.05) is 30.5 Å². The molecule has 200 valence electrons. The number of H-pyrrole nitrogens is 1. The van der Waals surface area contributed by atoms with Crippen LogP contribution in [0.1, 0.15) is 35.1 Å². The lowest BCUT2D eigenvalue weighted by Crippen LogP contribution is -2.48. The molecule has 1 aromatic heterocycles. The molecule has 0 radical (unpaired) electrons. The molecule has 0 spiro atoms. The van der Waals surface area contributed by atoms with E-state index in [2.05, 4.69) is 38.7 Å². The fourth-order valence-electron chi connectivity index (χ4n) is 6.03. The summed E-state index contributed by atoms with van der Waals surface area (Å²) in [6, 6.07) is 20.5. The number of likely N-dealkylation sites (tertiary alicyclic amines) is 1. The van der Waals surface area contributed by atoms with Crippen molar-refractivity contribution in [3.63, 3.8) is 0 Å². The molecule has 0 saturated carbocycles. The first-order valence-electron chi connectivity index (χ1n) is 13.7. The Morgan fingerprint density at radius 2 is 1.69 bits per heavy atom. The third-order valence-corrected chi connectivity index (χ3v) is 8.08. The molecule has 2 aliphatic rings. The molecule has 0 unspecified atom stereocenters. The van der Waals surface area contributed by atoms with E-state index in [1.54, 1.807) is 12.1 Å². The summed E-state index contributed by atoms with van der Waals surface area (Å²) in [4.78, 5) is 32.3. The van der Waals surface area contributed by atoms with Gasteiger partial charge in [-0.05, 0) is 78.3 Å². The Hall–Kier alpha value is -3.97. The number of aromatic amines is 1. The molecule has 1 saturated heterocycles. The highest BCUT2D eigenvalue weighted by molar-refractivity contribution is 5.93. The summed E-state index contributed by atoms with van der Waals surface area (Å²) in [5, 5.41) is 7.30. The van der Waals surface area contributed by atoms with E-state index in [9.17, 15) is 14.0 Å². The fraction of sp³-hybridized carbons (Fsp3) is 0.312. The van der Waals surface area contributed by atoms with Crippen molar-refractivity contribution in [3.8, 4) is 0 Å². The third kappa shape index (κ3) is 5.73. The van der Waals surface area contributed by atoms with E-state index in [0.29, 0.717) is 32.6 Å². The Kier molecular flexibility index (Phi) is 7.16. The number of benzene rings is 3. The van der Waals surface area contributed by atoms with Gasteiger partial charge in [-0.3, -0.25) is 14.5 Å². The van der Waals surface area contributed by atoms with Crippen molar-refractivity contribution in [2.75, 3.05) is 18.4 Å². The maximum atomic E-state index is 13.5. The topological polar surface area (TPSA) is 77.2 Å². The van der Waals surface area contributed by atoms with E-state index in [1.165, 1.54) is 23.3 Å². The van der Waals surface area contributed by atoms with Crippen molar-refractivity contribution in [2.24, 2.45) is 11.8 Å². The summed E-state index contributed by atoms with van der Waals surface area (Å²) < 4.78 is 13.3. The Labute approximate surface area is 227 Å². The van der Waals surface area contributed by atoms with Crippen LogP contribution in [0.2, 0.25) is 0 Å². The minimum Gasteiger partial charge on any atom is -0.361 e. The first-order chi connectivity index (χ1) is 19.0. The number of nitrogens with zero attached hydrogens (tertiary/aromatic N) is 1. The number of hydrogen-bond acceptors (Lipinski definition) is 3. The monoisotopic (exact) mass is 524 g/mol. The van der Waals surface area contributed by atoms with E-state index >= 15 is 0 Å². The molecule has 6 nitrogen and oxygen atoms in total. The number of fused-ring (bicyclic) bond motifs is 2. The van der Waals surface area contributed by atoms with Crippen molar-refractivity contribution in [3.05, 3.63) is 101 Å². The fourth-order valence-corrected chi connectivity index (χ4v) is 6.03. The molecule has 2 atom stereocenters. The molecule has 7 heteroatoms. The van der Waals surface area contributed by atoms with Gasteiger partial charge in [0.15, 0.2) is 0 Å². The second-order valence-corrected chi connectivity index (χ2v) is 10.9. The number of aromatic nitrogens is 1. The summed E-state index contributed by atoms with van der Waals surface area (Å²) in [5.74, 6) is -1.09. The van der Waals surface area contributed by atoms with Crippen LogP contribution in [0, 0.1) is 17.7 Å². The quantitative estimate of drug-likeness (QED) is 0.312. The van der Waals surface area contributed by atoms with Crippen LogP contribution >= 0.6 is 0 Å². The van der Waals surface area contributed by atoms with Crippen LogP contribution in [0.15, 0.2) is 72.9 Å². The van der Waals surface area contributed by atoms with Crippen LogP contribution in [0.25, 0.3) is 10.9 Å². The van der Waals surface area contributed by atoms with E-state index in [0.717, 1.165) is 47.0 Å². The SMILES string of the molecule is O=C(NCc1ccc(F)cc1)[C@H]1C[C@@H](C(=O)Nc2ccc3c(c2)CCC3)CN(Cc2c[nH]c3ccccc23)C1. The Bertz CT molecular complexity index is 1500. The average Bonchev–Trinajstić information content (AvgIpc) is 3.59. The van der Waals surface area contributed by atoms with Gasteiger partial charge >= 0.3 is 0 Å². The molecular weight excluding hydrogens is 491 g/mol. The van der Waals surface area contributed by atoms with Crippen LogP contribution in [0.3, 0.4) is 0 Å². The summed E-state index contributed by atoms with van der Waals surface area (Å²) in [6.07, 6.45) is 5.81. The normalized spacial score (nSPS) is 19.1. The predicted octanol–water partition coefficient (Wildman–Crippen LogP) is 5.19. The van der Waals surface area contributed by atoms with E-state index in [-0.39, 0.29) is 29.5 Å². The molecule has 1 aliphatic heterocycles. The highest BCUT2D eigenvalue weighted by atomic mass is 19.1. The molecule has 2 amide bonds. The van der Waals surface area contributed by atoms with Gasteiger partial charge in [0.2, 0.25) is 11.8 Å². The van der Waals surface area contributed by atoms with Crippen LogP contribution in [0.5, 0.6) is 0 Å². The number of carbonyl (C=O) groups excluding carboxylic acids is 2. The molecule has 1 aliphatic carbocycles. The predicted molar refractivity (Wildman–Crippen MR) is 151 cm³/mol. The molecular formula is C32H33FN4O2. The molecule has 4 aromatic rings. The number of rotatable bonds is 7. The number of halogens is 1. The Balaban J connectivity index is 1.18. The van der Waals surface area contributed by atoms with Crippen molar-refractivity contribution < 1.29 is 14.0 Å². The zero-order valence-electron chi connectivity index (χ0n) is 21.9. The van der Waals surface area contributed by atoms with Crippen LogP contribution in [0.4, 0.5) is 10.1 Å². The van der Waals surface area contributed by atoms with Gasteiger partial charge in [-0.15, -0.1) is 0 Å². The number of amides is 2. The first-order valence-corrected chi connectivity index (χ1v) is 13.7. The van der Waals surface area contributed by atoms with E-state index in [4.69, 9.17) is 0 Å². The Morgan fingerprint density at radius 1 is 0.923 bits per heavy atom. The smallest absolute Gasteiger partial charge is 0.228 e. The highest BCUT2D eigenvalue weighted by Gasteiger charge is 2.35. The van der Waals surface area contributed by atoms with Crippen LogP contribution in [-0.4, -0.2) is 34.8 Å². The summed E-state index contributed by atoms with van der Waals surface area (Å²) >= 11 is 0. The van der Waals surface area contributed by atoms with Crippen molar-refractivity contribution >= 4 is 28.4 Å². The lowest BCUT2D eigenvalue weighted by Gasteiger charge is -2.36. The minimum absolute atomic E-state index is 0.0482. The van der Waals surface area contributed by atoms with Gasteiger partial charge in [-0.1, -0.05) is 36.4 Å². The van der Waals surface area contributed by atoms with Crippen molar-refractivity contribution in [2.45, 2.75) is 38.8 Å². The molecule has 3 N–H and O–H groups in total. The van der Waals surface area contributed by atoms with Gasteiger partial charge in [-0.2, -0.15) is 0 Å². The van der Waals surface area contributed by atoms with Crippen LogP contribution < -0.4 is 10.6 Å². The molecule has 3 aromatic carbocycles. The van der Waals surface area contributed by atoms with Gasteiger partial charge in [0, 0.05) is 49.0 Å². The van der Waals surface area contributed by atoms with Crippen LogP contribution in [-0.2, 0) is 35.5 Å². The summed E-state index contributed by atoms with van der Waals surface area (Å²) in [6.45, 7) is 2.12. The third-order valence-electron chi connectivity index (χ3n) is 8.08. The molecule has 6 rings (SSSR count). The number of nitrogens with one attached hydrogen (secondary N) is 3. The number of carbonyl (C=O) groups is 2. The molecule has 39 heavy (non-hydrogen) atoms. The standard InChI is InChI=1S/C32H33FN4O2/c33-27-11-8-21(9-12-27)16-35-31(38)24-14-25(32(39)36-28-13-10-22-4-3-5-23(22)15-28)19-37(18-24)20-26-17-34-30-7-2-1-6-29(26)30/h1-2,6-13,15,17,24-25,34H,3-5,14,16,18-20H2,(H,35,38)(H,36,39)/t24-,25+/m0/s1. The number of hydrogen-bond donors (Lipinski definition) is 3. The minimum atomic E-state index is -0.333. The van der Waals surface area contributed by atoms with Gasteiger partial charge < -0.3 is 15.6 Å². The van der Waals surface area contributed by atoms with E-state index < -0.39 is 0 Å². The average molecular weight is 525 g/mol. The second kappa shape index (κ2) is 11.0. The van der Waals surface area contributed by atoms with Crippen molar-refractivity contribution in [1.29, 1.82) is 0 Å². The van der Waals surface area contributed by atoms with Gasteiger partial charge in [0.1, 0.15) is 5.82 Å². The first kappa shape index (κ1) is 25.3. The summed E-state index contributed by atoms with van der Waals surface area (Å²) in [5.41, 5.74) is 6.57. The largest absolute Gasteiger partial charge is 0.361 e. The summed E-state index contributed by atoms with van der Waals surface area (Å²) in [7, 11) is 0. The number of piperidine rings is 1. The van der Waals surface area contributed by atoms with Gasteiger partial charge in [0.25, 0.3) is 0 Å². The molecule has 1 fully saturated rings. The number of para-hydroxylation sites is 1. The highest BCUT2D eigenvalue weighted by Crippen LogP contribution is 2.29. The zero-order valence-corrected chi connectivity index (χ0v) is 21.9. The maximum absolute atomic E-state index is 13.5. The second-order valence-electron chi connectivity index (χ2n) is 10.9. The van der Waals surface area contributed by atoms with Gasteiger partial charge in [0.05, 0.1) is 11.8 Å². The van der Waals surface area contributed by atoms with Gasteiger partial charge in [-0.25, -0.2) is 4.39 Å². The van der Waals surface area contributed by atoms with Crippen molar-refractivity contribution in [1.82, 2.24) is 15.2 Å². The molecule has 2 heterocycles.